The molecule has 2 aromatic heterocycles. The van der Waals surface area contributed by atoms with Crippen LogP contribution in [0.25, 0.3) is 10.2 Å². The summed E-state index contributed by atoms with van der Waals surface area (Å²) in [6.07, 6.45) is 6.28. The van der Waals surface area contributed by atoms with E-state index in [1.165, 1.54) is 11.3 Å². The zero-order chi connectivity index (χ0) is 20.9. The molecule has 4 rings (SSSR count). The minimum Gasteiger partial charge on any atom is -0.494 e. The summed E-state index contributed by atoms with van der Waals surface area (Å²) in [5.74, 6) is 0.783. The molecule has 0 aliphatic heterocycles. The summed E-state index contributed by atoms with van der Waals surface area (Å²) in [7, 11) is 0. The first-order chi connectivity index (χ1) is 14.6. The molecule has 0 N–H and O–H groups in total. The van der Waals surface area contributed by atoms with Gasteiger partial charge >= 0.3 is 0 Å². The zero-order valence-corrected chi connectivity index (χ0v) is 17.9. The maximum absolute atomic E-state index is 13.4. The van der Waals surface area contributed by atoms with Gasteiger partial charge in [-0.05, 0) is 50.6 Å². The molecule has 0 aliphatic carbocycles. The Morgan fingerprint density at radius 3 is 2.90 bits per heavy atom. The van der Waals surface area contributed by atoms with E-state index in [0.717, 1.165) is 34.5 Å². The van der Waals surface area contributed by atoms with Crippen LogP contribution in [-0.4, -0.2) is 33.6 Å². The second-order valence-corrected chi connectivity index (χ2v) is 8.05. The minimum atomic E-state index is -0.0339. The third-order valence-corrected chi connectivity index (χ3v) is 5.80. The van der Waals surface area contributed by atoms with Gasteiger partial charge in [-0.1, -0.05) is 29.0 Å². The predicted octanol–water partition coefficient (Wildman–Crippen LogP) is 4.94. The van der Waals surface area contributed by atoms with Crippen LogP contribution in [0.2, 0.25) is 0 Å². The number of imidazole rings is 1. The Morgan fingerprint density at radius 1 is 1.23 bits per heavy atom. The fraction of sp³-hybridized carbons (Fsp3) is 0.261. The number of benzene rings is 2. The first-order valence-electron chi connectivity index (χ1n) is 10.0. The maximum atomic E-state index is 13.4. The lowest BCUT2D eigenvalue weighted by Gasteiger charge is -2.20. The molecule has 0 bridgehead atoms. The number of hydrogen-bond donors (Lipinski definition) is 0. The summed E-state index contributed by atoms with van der Waals surface area (Å²) >= 11 is 1.52. The molecule has 30 heavy (non-hydrogen) atoms. The number of aromatic nitrogens is 3. The molecule has 6 nitrogen and oxygen atoms in total. The predicted molar refractivity (Wildman–Crippen MR) is 120 cm³/mol. The molecule has 0 fully saturated rings. The van der Waals surface area contributed by atoms with Gasteiger partial charge in [-0.15, -0.1) is 0 Å². The second-order valence-electron chi connectivity index (χ2n) is 7.04. The normalized spacial score (nSPS) is 11.0. The van der Waals surface area contributed by atoms with Crippen molar-refractivity contribution in [2.45, 2.75) is 26.8 Å². The van der Waals surface area contributed by atoms with Crippen LogP contribution < -0.4 is 9.64 Å². The molecule has 0 spiro atoms. The van der Waals surface area contributed by atoms with E-state index in [1.807, 2.05) is 67.1 Å². The lowest BCUT2D eigenvalue weighted by atomic mass is 10.1. The van der Waals surface area contributed by atoms with Gasteiger partial charge in [-0.3, -0.25) is 9.69 Å². The number of hydrogen-bond acceptors (Lipinski definition) is 5. The van der Waals surface area contributed by atoms with E-state index in [0.29, 0.717) is 23.8 Å². The van der Waals surface area contributed by atoms with Crippen molar-refractivity contribution in [3.05, 3.63) is 72.3 Å². The highest BCUT2D eigenvalue weighted by Crippen LogP contribution is 2.32. The smallest absolute Gasteiger partial charge is 0.260 e. The molecular formula is C23H24N4O2S. The van der Waals surface area contributed by atoms with Crippen LogP contribution in [0.5, 0.6) is 5.75 Å². The van der Waals surface area contributed by atoms with Gasteiger partial charge < -0.3 is 9.30 Å². The highest BCUT2D eigenvalue weighted by molar-refractivity contribution is 7.22. The van der Waals surface area contributed by atoms with Gasteiger partial charge in [0.2, 0.25) is 0 Å². The fourth-order valence-electron chi connectivity index (χ4n) is 3.31. The van der Waals surface area contributed by atoms with Gasteiger partial charge in [-0.25, -0.2) is 9.97 Å². The summed E-state index contributed by atoms with van der Waals surface area (Å²) in [5, 5.41) is 0.704. The number of rotatable bonds is 8. The third kappa shape index (κ3) is 4.52. The van der Waals surface area contributed by atoms with E-state index in [-0.39, 0.29) is 5.91 Å². The van der Waals surface area contributed by atoms with E-state index in [4.69, 9.17) is 9.72 Å². The maximum Gasteiger partial charge on any atom is 0.260 e. The van der Waals surface area contributed by atoms with Crippen LogP contribution in [0, 0.1) is 6.92 Å². The Kier molecular flexibility index (Phi) is 6.09. The summed E-state index contributed by atoms with van der Waals surface area (Å²) in [5.41, 5.74) is 2.60. The molecular weight excluding hydrogens is 396 g/mol. The van der Waals surface area contributed by atoms with Gasteiger partial charge in [0.1, 0.15) is 5.75 Å². The molecule has 0 saturated carbocycles. The average Bonchev–Trinajstić information content (AvgIpc) is 3.40. The first-order valence-corrected chi connectivity index (χ1v) is 10.8. The first kappa shape index (κ1) is 20.1. The number of carbonyl (C=O) groups is 1. The molecule has 1 amide bonds. The van der Waals surface area contributed by atoms with Gasteiger partial charge in [-0.2, -0.15) is 0 Å². The largest absolute Gasteiger partial charge is 0.494 e. The number of carbonyl (C=O) groups excluding carboxylic acids is 1. The van der Waals surface area contributed by atoms with Crippen molar-refractivity contribution in [1.82, 2.24) is 14.5 Å². The van der Waals surface area contributed by atoms with Crippen molar-refractivity contribution in [3.8, 4) is 5.75 Å². The summed E-state index contributed by atoms with van der Waals surface area (Å²) in [6.45, 7) is 5.93. The van der Waals surface area contributed by atoms with E-state index in [1.54, 1.807) is 17.4 Å². The average molecular weight is 421 g/mol. The van der Waals surface area contributed by atoms with Crippen LogP contribution in [0.4, 0.5) is 5.13 Å². The number of ether oxygens (including phenoxy) is 1. The summed E-state index contributed by atoms with van der Waals surface area (Å²) < 4.78 is 8.63. The quantitative estimate of drug-likeness (QED) is 0.405. The van der Waals surface area contributed by atoms with E-state index < -0.39 is 0 Å². The number of nitrogens with zero attached hydrogens (tertiary/aromatic N) is 4. The molecule has 7 heteroatoms. The van der Waals surface area contributed by atoms with Crippen LogP contribution in [0.15, 0.2) is 61.2 Å². The SMILES string of the molecule is CCOc1ccc2nc(N(CCCn3ccnc3)C(=O)c3cccc(C)c3)sc2c1. The number of anilines is 1. The molecule has 0 radical (unpaired) electrons. The summed E-state index contributed by atoms with van der Waals surface area (Å²) in [4.78, 5) is 24.0. The van der Waals surface area contributed by atoms with E-state index >= 15 is 0 Å². The zero-order valence-electron chi connectivity index (χ0n) is 17.1. The van der Waals surface area contributed by atoms with E-state index in [9.17, 15) is 4.79 Å². The monoisotopic (exact) mass is 420 g/mol. The topological polar surface area (TPSA) is 60.2 Å². The Balaban J connectivity index is 1.63. The third-order valence-electron chi connectivity index (χ3n) is 4.76. The fourth-order valence-corrected chi connectivity index (χ4v) is 4.33. The van der Waals surface area contributed by atoms with Crippen molar-refractivity contribution in [2.24, 2.45) is 0 Å². The van der Waals surface area contributed by atoms with Crippen molar-refractivity contribution in [3.63, 3.8) is 0 Å². The number of aryl methyl sites for hydroxylation is 2. The van der Waals surface area contributed by atoms with Crippen molar-refractivity contribution in [2.75, 3.05) is 18.1 Å². The van der Waals surface area contributed by atoms with Gasteiger partial charge in [0, 0.05) is 31.0 Å². The molecule has 0 saturated heterocycles. The Hall–Kier alpha value is -3.19. The molecule has 4 aromatic rings. The molecule has 2 aromatic carbocycles. The van der Waals surface area contributed by atoms with Crippen molar-refractivity contribution in [1.29, 1.82) is 0 Å². The van der Waals surface area contributed by atoms with E-state index in [2.05, 4.69) is 4.98 Å². The lowest BCUT2D eigenvalue weighted by Crippen LogP contribution is -2.32. The molecule has 0 atom stereocenters. The molecule has 0 aliphatic rings. The number of fused-ring (bicyclic) bond motifs is 1. The standard InChI is InChI=1S/C23H24N4O2S/c1-3-29-19-8-9-20-21(15-19)30-23(25-20)27(12-5-11-26-13-10-24-16-26)22(28)18-7-4-6-17(2)14-18/h4,6-10,13-16H,3,5,11-12H2,1-2H3. The number of thiazole rings is 1. The second kappa shape index (κ2) is 9.09. The van der Waals surface area contributed by atoms with Crippen molar-refractivity contribution >= 4 is 32.6 Å². The van der Waals surface area contributed by atoms with Gasteiger partial charge in [0.05, 0.1) is 23.2 Å². The summed E-state index contributed by atoms with van der Waals surface area (Å²) in [6, 6.07) is 13.5. The molecule has 154 valence electrons. The highest BCUT2D eigenvalue weighted by atomic mass is 32.1. The number of amides is 1. The highest BCUT2D eigenvalue weighted by Gasteiger charge is 2.21. The Bertz CT molecular complexity index is 1140. The van der Waals surface area contributed by atoms with Crippen LogP contribution >= 0.6 is 11.3 Å². The molecule has 0 unspecified atom stereocenters. The van der Waals surface area contributed by atoms with Crippen LogP contribution in [0.1, 0.15) is 29.3 Å². The Morgan fingerprint density at radius 2 is 2.13 bits per heavy atom. The van der Waals surface area contributed by atoms with Gasteiger partial charge in [0.25, 0.3) is 5.91 Å². The Labute approximate surface area is 179 Å². The minimum absolute atomic E-state index is 0.0339. The lowest BCUT2D eigenvalue weighted by molar-refractivity contribution is 0.0986. The van der Waals surface area contributed by atoms with Crippen LogP contribution in [-0.2, 0) is 6.54 Å². The molecule has 2 heterocycles. The van der Waals surface area contributed by atoms with Gasteiger partial charge in [0.15, 0.2) is 5.13 Å². The van der Waals surface area contributed by atoms with Crippen LogP contribution in [0.3, 0.4) is 0 Å². The van der Waals surface area contributed by atoms with Crippen molar-refractivity contribution < 1.29 is 9.53 Å².